The second-order valence-corrected chi connectivity index (χ2v) is 8.57. The lowest BCUT2D eigenvalue weighted by Gasteiger charge is -2.25. The number of nitrogens with one attached hydrogen (secondary N) is 4. The maximum absolute atomic E-state index is 13.6. The van der Waals surface area contributed by atoms with Crippen molar-refractivity contribution in [2.45, 2.75) is 25.3 Å². The summed E-state index contributed by atoms with van der Waals surface area (Å²) in [5, 5.41) is 17.7. The molecule has 1 aromatic heterocycles. The zero-order chi connectivity index (χ0) is 23.5. The van der Waals surface area contributed by atoms with Crippen LogP contribution in [-0.4, -0.2) is 35.2 Å². The van der Waals surface area contributed by atoms with E-state index in [-0.39, 0.29) is 5.91 Å². The van der Waals surface area contributed by atoms with Gasteiger partial charge in [0.1, 0.15) is 11.6 Å². The minimum Gasteiger partial charge on any atom is -0.382 e. The number of carbonyl (C=O) groups is 1. The Hall–Kier alpha value is -3.78. The van der Waals surface area contributed by atoms with Crippen LogP contribution in [0.25, 0.3) is 10.9 Å². The molecule has 4 aromatic rings. The maximum atomic E-state index is 13.6. The van der Waals surface area contributed by atoms with Crippen LogP contribution >= 0.6 is 0 Å². The van der Waals surface area contributed by atoms with Crippen LogP contribution in [-0.2, 0) is 6.42 Å². The highest BCUT2D eigenvalue weighted by Crippen LogP contribution is 2.26. The van der Waals surface area contributed by atoms with Crippen molar-refractivity contribution in [2.24, 2.45) is 0 Å². The Kier molecular flexibility index (Phi) is 6.22. The predicted molar refractivity (Wildman–Crippen MR) is 129 cm³/mol. The van der Waals surface area contributed by atoms with Gasteiger partial charge in [0.2, 0.25) is 0 Å². The summed E-state index contributed by atoms with van der Waals surface area (Å²) in [4.78, 5) is 13.2. The number of benzene rings is 3. The van der Waals surface area contributed by atoms with Crippen LogP contribution in [0.3, 0.4) is 0 Å². The highest BCUT2D eigenvalue weighted by molar-refractivity contribution is 6.10. The number of anilines is 2. The molecule has 1 aliphatic rings. The minimum absolute atomic E-state index is 0.261. The molecule has 34 heavy (non-hydrogen) atoms. The summed E-state index contributed by atoms with van der Waals surface area (Å²) in [6.45, 7) is 1.91. The van der Waals surface area contributed by atoms with Crippen LogP contribution in [0.2, 0.25) is 0 Å². The molecule has 1 aliphatic heterocycles. The number of hydrogen-bond acceptors (Lipinski definition) is 4. The van der Waals surface area contributed by atoms with Gasteiger partial charge in [-0.25, -0.2) is 8.78 Å². The summed E-state index contributed by atoms with van der Waals surface area (Å²) in [5.74, 6) is -1.07. The molecule has 0 spiro atoms. The van der Waals surface area contributed by atoms with Crippen molar-refractivity contribution < 1.29 is 13.6 Å². The highest BCUT2D eigenvalue weighted by Gasteiger charge is 2.18. The first kappa shape index (κ1) is 22.0. The van der Waals surface area contributed by atoms with Gasteiger partial charge < -0.3 is 16.0 Å². The third-order valence-corrected chi connectivity index (χ3v) is 6.06. The fraction of sp³-hybridized carbons (Fsp3) is 0.231. The first-order valence-electron chi connectivity index (χ1n) is 11.3. The number of rotatable bonds is 6. The third-order valence-electron chi connectivity index (χ3n) is 6.06. The Morgan fingerprint density at radius 3 is 2.53 bits per heavy atom. The third kappa shape index (κ3) is 4.92. The summed E-state index contributed by atoms with van der Waals surface area (Å²) >= 11 is 0. The Morgan fingerprint density at radius 1 is 0.971 bits per heavy atom. The molecule has 8 heteroatoms. The second kappa shape index (κ2) is 9.61. The van der Waals surface area contributed by atoms with Gasteiger partial charge in [-0.05, 0) is 79.9 Å². The van der Waals surface area contributed by atoms with E-state index in [9.17, 15) is 13.6 Å². The molecule has 1 fully saturated rings. The molecule has 4 N–H and O–H groups in total. The lowest BCUT2D eigenvalue weighted by molar-refractivity contribution is 0.102. The Balaban J connectivity index is 1.37. The molecule has 0 bridgehead atoms. The average molecular weight is 462 g/mol. The molecule has 1 saturated heterocycles. The number of aromatic nitrogens is 2. The van der Waals surface area contributed by atoms with Gasteiger partial charge in [-0.3, -0.25) is 9.89 Å². The van der Waals surface area contributed by atoms with Gasteiger partial charge in [0.25, 0.3) is 5.91 Å². The van der Waals surface area contributed by atoms with E-state index in [1.54, 1.807) is 6.07 Å². The molecule has 0 aliphatic carbocycles. The number of halogens is 2. The van der Waals surface area contributed by atoms with E-state index >= 15 is 0 Å². The smallest absolute Gasteiger partial charge is 0.258 e. The van der Waals surface area contributed by atoms with Crippen LogP contribution < -0.4 is 16.0 Å². The van der Waals surface area contributed by atoms with E-state index < -0.39 is 11.6 Å². The molecule has 0 saturated carbocycles. The topological polar surface area (TPSA) is 81.8 Å². The van der Waals surface area contributed by atoms with E-state index in [0.29, 0.717) is 29.4 Å². The molecule has 3 aromatic carbocycles. The lowest BCUT2D eigenvalue weighted by Crippen LogP contribution is -2.35. The largest absolute Gasteiger partial charge is 0.382 e. The number of hydrogen-bond donors (Lipinski definition) is 4. The molecule has 1 amide bonds. The van der Waals surface area contributed by atoms with Crippen molar-refractivity contribution in [1.29, 1.82) is 0 Å². The number of amides is 1. The number of H-pyrrole nitrogens is 1. The van der Waals surface area contributed by atoms with Crippen molar-refractivity contribution >= 4 is 28.3 Å². The quantitative estimate of drug-likeness (QED) is 0.331. The summed E-state index contributed by atoms with van der Waals surface area (Å²) in [7, 11) is 0. The normalized spacial score (nSPS) is 14.3. The van der Waals surface area contributed by atoms with Gasteiger partial charge in [-0.15, -0.1) is 0 Å². The van der Waals surface area contributed by atoms with E-state index in [2.05, 4.69) is 26.1 Å². The zero-order valence-electron chi connectivity index (χ0n) is 18.5. The first-order valence-corrected chi connectivity index (χ1v) is 11.3. The molecule has 5 rings (SSSR count). The Labute approximate surface area is 195 Å². The standard InChI is InChI=1S/C26H25F2N5O/c27-18-12-17(13-19(28)15-18)11-16-5-6-24-22(14-16)25(33-32-24)31-26(34)21-3-1-2-4-23(21)30-20-7-9-29-10-8-20/h1-6,12-15,20,29-30H,7-11H2,(H2,31,32,33,34). The summed E-state index contributed by atoms with van der Waals surface area (Å²) in [6, 6.07) is 16.8. The molecular formula is C26H25F2N5O. The van der Waals surface area contributed by atoms with Crippen molar-refractivity contribution in [3.8, 4) is 0 Å². The molecule has 174 valence electrons. The van der Waals surface area contributed by atoms with Crippen molar-refractivity contribution in [1.82, 2.24) is 15.5 Å². The monoisotopic (exact) mass is 461 g/mol. The summed E-state index contributed by atoms with van der Waals surface area (Å²) in [6.07, 6.45) is 2.35. The molecule has 6 nitrogen and oxygen atoms in total. The molecular weight excluding hydrogens is 436 g/mol. The van der Waals surface area contributed by atoms with Crippen molar-refractivity contribution in [2.75, 3.05) is 23.7 Å². The number of aromatic amines is 1. The molecule has 0 unspecified atom stereocenters. The number of para-hydroxylation sites is 1. The first-order chi connectivity index (χ1) is 16.5. The number of nitrogens with zero attached hydrogens (tertiary/aromatic N) is 1. The molecule has 0 atom stereocenters. The number of carbonyl (C=O) groups excluding carboxylic acids is 1. The van der Waals surface area contributed by atoms with Gasteiger partial charge >= 0.3 is 0 Å². The fourth-order valence-electron chi connectivity index (χ4n) is 4.38. The molecule has 2 heterocycles. The van der Waals surface area contributed by atoms with Crippen molar-refractivity contribution in [3.05, 3.63) is 89.0 Å². The zero-order valence-corrected chi connectivity index (χ0v) is 18.5. The Morgan fingerprint density at radius 2 is 1.74 bits per heavy atom. The average Bonchev–Trinajstić information content (AvgIpc) is 3.21. The van der Waals surface area contributed by atoms with Gasteiger partial charge in [0, 0.05) is 23.2 Å². The van der Waals surface area contributed by atoms with Gasteiger partial charge in [-0.1, -0.05) is 18.2 Å². The van der Waals surface area contributed by atoms with Crippen LogP contribution in [0.5, 0.6) is 0 Å². The minimum atomic E-state index is -0.607. The maximum Gasteiger partial charge on any atom is 0.258 e. The summed E-state index contributed by atoms with van der Waals surface area (Å²) in [5.41, 5.74) is 3.47. The van der Waals surface area contributed by atoms with E-state index in [1.807, 2.05) is 36.4 Å². The van der Waals surface area contributed by atoms with Crippen LogP contribution in [0.4, 0.5) is 20.3 Å². The van der Waals surface area contributed by atoms with Crippen LogP contribution in [0, 0.1) is 11.6 Å². The SMILES string of the molecule is O=C(Nc1n[nH]c2ccc(Cc3cc(F)cc(F)c3)cc12)c1ccccc1NC1CCNCC1. The van der Waals surface area contributed by atoms with Gasteiger partial charge in [0.15, 0.2) is 5.82 Å². The van der Waals surface area contributed by atoms with E-state index in [1.165, 1.54) is 12.1 Å². The number of fused-ring (bicyclic) bond motifs is 1. The second-order valence-electron chi connectivity index (χ2n) is 8.57. The van der Waals surface area contributed by atoms with E-state index in [0.717, 1.165) is 54.2 Å². The molecule has 0 radical (unpaired) electrons. The Bertz CT molecular complexity index is 1310. The predicted octanol–water partition coefficient (Wildman–Crippen LogP) is 4.85. The van der Waals surface area contributed by atoms with Crippen LogP contribution in [0.15, 0.2) is 60.7 Å². The fourth-order valence-corrected chi connectivity index (χ4v) is 4.38. The van der Waals surface area contributed by atoms with Gasteiger partial charge in [-0.2, -0.15) is 5.10 Å². The van der Waals surface area contributed by atoms with Crippen molar-refractivity contribution in [3.63, 3.8) is 0 Å². The van der Waals surface area contributed by atoms with E-state index in [4.69, 9.17) is 0 Å². The number of piperidine rings is 1. The highest BCUT2D eigenvalue weighted by atomic mass is 19.1. The van der Waals surface area contributed by atoms with Gasteiger partial charge in [0.05, 0.1) is 11.1 Å². The van der Waals surface area contributed by atoms with Crippen LogP contribution in [0.1, 0.15) is 34.3 Å². The summed E-state index contributed by atoms with van der Waals surface area (Å²) < 4.78 is 27.1. The lowest BCUT2D eigenvalue weighted by atomic mass is 10.0.